The Balaban J connectivity index is 2.29. The maximum absolute atomic E-state index is 12.4. The van der Waals surface area contributed by atoms with Crippen LogP contribution in [0.2, 0.25) is 0 Å². The monoisotopic (exact) mass is 219 g/mol. The molecule has 0 aromatic carbocycles. The van der Waals surface area contributed by atoms with Gasteiger partial charge in [-0.1, -0.05) is 11.8 Å². The van der Waals surface area contributed by atoms with Crippen molar-refractivity contribution >= 4 is 16.9 Å². The normalized spacial score (nSPS) is 21.1. The number of alkyl halides is 2. The molecule has 0 saturated heterocycles. The van der Waals surface area contributed by atoms with Crippen LogP contribution in [0.5, 0.6) is 0 Å². The maximum atomic E-state index is 12.4. The molecule has 1 N–H and O–H groups in total. The second-order valence-electron chi connectivity index (χ2n) is 3.22. The maximum Gasteiger partial charge on any atom is 0.248 e. The van der Waals surface area contributed by atoms with Crippen LogP contribution in [-0.4, -0.2) is 23.9 Å². The van der Waals surface area contributed by atoms with Crippen molar-refractivity contribution in [1.82, 2.24) is 5.32 Å². The smallest absolute Gasteiger partial charge is 0.248 e. The highest BCUT2D eigenvalue weighted by Gasteiger charge is 2.44. The van der Waals surface area contributed by atoms with Gasteiger partial charge in [0, 0.05) is 19.4 Å². The summed E-state index contributed by atoms with van der Waals surface area (Å²) in [5.74, 6) is -2.52. The average Bonchev–Trinajstić information content (AvgIpc) is 2.08. The second-order valence-corrected chi connectivity index (χ2v) is 4.01. The lowest BCUT2D eigenvalue weighted by Gasteiger charge is -2.33. The van der Waals surface area contributed by atoms with Gasteiger partial charge in [-0.2, -0.15) is 5.26 Å². The van der Waals surface area contributed by atoms with Crippen LogP contribution in [-0.2, 0) is 0 Å². The summed E-state index contributed by atoms with van der Waals surface area (Å²) < 4.78 is 24.8. The number of thioether (sulfide) groups is 1. The van der Waals surface area contributed by atoms with Crippen molar-refractivity contribution in [3.63, 3.8) is 0 Å². The third kappa shape index (κ3) is 3.14. The molecule has 0 bridgehead atoms. The van der Waals surface area contributed by atoms with Gasteiger partial charge in [0.25, 0.3) is 0 Å². The minimum atomic E-state index is -2.48. The summed E-state index contributed by atoms with van der Waals surface area (Å²) in [5, 5.41) is 11.2. The molecule has 0 radical (unpaired) electrons. The number of hydrogen-bond donors (Lipinski definition) is 1. The van der Waals surface area contributed by atoms with E-state index in [1.165, 1.54) is 11.8 Å². The molecule has 0 aliphatic heterocycles. The highest BCUT2D eigenvalue weighted by molar-refractivity contribution is 8.13. The van der Waals surface area contributed by atoms with Gasteiger partial charge in [-0.05, 0) is 12.2 Å². The minimum absolute atomic E-state index is 0.0346. The van der Waals surface area contributed by atoms with Gasteiger partial charge >= 0.3 is 0 Å². The van der Waals surface area contributed by atoms with Crippen LogP contribution in [0.15, 0.2) is 4.99 Å². The molecule has 1 aliphatic rings. The van der Waals surface area contributed by atoms with Gasteiger partial charge in [0.15, 0.2) is 11.4 Å². The highest BCUT2D eigenvalue weighted by Crippen LogP contribution is 2.42. The van der Waals surface area contributed by atoms with Crippen LogP contribution >= 0.6 is 11.8 Å². The van der Waals surface area contributed by atoms with Crippen molar-refractivity contribution in [1.29, 1.82) is 5.26 Å². The predicted octanol–water partition coefficient (Wildman–Crippen LogP) is 1.82. The SMILES string of the molecule is CSC(=NCC1CC(F)(F)C1)NC#N. The van der Waals surface area contributed by atoms with E-state index in [0.29, 0.717) is 11.7 Å². The molecule has 0 atom stereocenters. The van der Waals surface area contributed by atoms with Crippen molar-refractivity contribution in [2.24, 2.45) is 10.9 Å². The van der Waals surface area contributed by atoms with Gasteiger partial charge < -0.3 is 0 Å². The molecule has 1 saturated carbocycles. The standard InChI is InChI=1S/C8H11F2N3S/c1-14-7(13-5-11)12-4-6-2-8(9,10)3-6/h6H,2-4H2,1H3,(H,12,13). The van der Waals surface area contributed by atoms with E-state index in [9.17, 15) is 8.78 Å². The van der Waals surface area contributed by atoms with E-state index in [-0.39, 0.29) is 18.8 Å². The van der Waals surface area contributed by atoms with E-state index in [4.69, 9.17) is 5.26 Å². The Hall–Kier alpha value is -0.830. The van der Waals surface area contributed by atoms with E-state index >= 15 is 0 Å². The van der Waals surface area contributed by atoms with Crippen molar-refractivity contribution < 1.29 is 8.78 Å². The first-order chi connectivity index (χ1) is 6.57. The van der Waals surface area contributed by atoms with Crippen LogP contribution in [0.1, 0.15) is 12.8 Å². The van der Waals surface area contributed by atoms with Crippen molar-refractivity contribution in [2.45, 2.75) is 18.8 Å². The van der Waals surface area contributed by atoms with Crippen molar-refractivity contribution in [3.8, 4) is 6.19 Å². The molecule has 0 spiro atoms. The first-order valence-corrected chi connectivity index (χ1v) is 5.41. The van der Waals surface area contributed by atoms with Gasteiger partial charge in [-0.3, -0.25) is 10.3 Å². The number of nitriles is 1. The van der Waals surface area contributed by atoms with E-state index in [2.05, 4.69) is 10.3 Å². The molecule has 1 rings (SSSR count). The van der Waals surface area contributed by atoms with Crippen LogP contribution < -0.4 is 5.32 Å². The lowest BCUT2D eigenvalue weighted by atomic mass is 9.81. The van der Waals surface area contributed by atoms with E-state index in [1.54, 1.807) is 12.4 Å². The lowest BCUT2D eigenvalue weighted by Crippen LogP contribution is -2.37. The largest absolute Gasteiger partial charge is 0.272 e. The van der Waals surface area contributed by atoms with Crippen LogP contribution in [0, 0.1) is 17.4 Å². The minimum Gasteiger partial charge on any atom is -0.272 e. The topological polar surface area (TPSA) is 48.2 Å². The Morgan fingerprint density at radius 1 is 1.71 bits per heavy atom. The Morgan fingerprint density at radius 2 is 2.36 bits per heavy atom. The second kappa shape index (κ2) is 4.60. The molecule has 0 heterocycles. The van der Waals surface area contributed by atoms with Gasteiger partial charge in [0.2, 0.25) is 5.92 Å². The Morgan fingerprint density at radius 3 is 2.79 bits per heavy atom. The van der Waals surface area contributed by atoms with Gasteiger partial charge in [-0.25, -0.2) is 8.78 Å². The molecule has 1 aliphatic carbocycles. The number of nitrogens with zero attached hydrogens (tertiary/aromatic N) is 2. The Bertz CT molecular complexity index is 264. The molecule has 6 heteroatoms. The number of nitrogens with one attached hydrogen (secondary N) is 1. The summed E-state index contributed by atoms with van der Waals surface area (Å²) >= 11 is 1.30. The first-order valence-electron chi connectivity index (χ1n) is 4.19. The van der Waals surface area contributed by atoms with E-state index < -0.39 is 5.92 Å². The molecule has 1 fully saturated rings. The first kappa shape index (κ1) is 11.2. The van der Waals surface area contributed by atoms with Crippen LogP contribution in [0.3, 0.4) is 0 Å². The lowest BCUT2D eigenvalue weighted by molar-refractivity contribution is -0.107. The highest BCUT2D eigenvalue weighted by atomic mass is 32.2. The Labute approximate surface area is 85.6 Å². The molecule has 3 nitrogen and oxygen atoms in total. The number of rotatable bonds is 2. The van der Waals surface area contributed by atoms with E-state index in [1.807, 2.05) is 0 Å². The molecule has 14 heavy (non-hydrogen) atoms. The molecular formula is C8H11F2N3S. The molecule has 0 aromatic rings. The summed E-state index contributed by atoms with van der Waals surface area (Å²) in [6.45, 7) is 0.375. The van der Waals surface area contributed by atoms with Crippen molar-refractivity contribution in [3.05, 3.63) is 0 Å². The molecular weight excluding hydrogens is 208 g/mol. The average molecular weight is 219 g/mol. The fourth-order valence-electron chi connectivity index (χ4n) is 1.33. The summed E-state index contributed by atoms with van der Waals surface area (Å²) in [5.41, 5.74) is 0. The molecule has 0 amide bonds. The summed E-state index contributed by atoms with van der Waals surface area (Å²) in [6.07, 6.45) is 3.36. The van der Waals surface area contributed by atoms with Crippen LogP contribution in [0.25, 0.3) is 0 Å². The number of hydrogen-bond acceptors (Lipinski definition) is 3. The zero-order valence-electron chi connectivity index (χ0n) is 7.76. The third-order valence-electron chi connectivity index (χ3n) is 2.02. The third-order valence-corrected chi connectivity index (χ3v) is 2.64. The summed E-state index contributed by atoms with van der Waals surface area (Å²) in [4.78, 5) is 4.03. The fraction of sp³-hybridized carbons (Fsp3) is 0.750. The van der Waals surface area contributed by atoms with Gasteiger partial charge in [-0.15, -0.1) is 0 Å². The van der Waals surface area contributed by atoms with Gasteiger partial charge in [0.1, 0.15) is 0 Å². The fourth-order valence-corrected chi connectivity index (χ4v) is 1.68. The van der Waals surface area contributed by atoms with Crippen molar-refractivity contribution in [2.75, 3.05) is 12.8 Å². The quantitative estimate of drug-likeness (QED) is 0.333. The number of aliphatic imine (C=N–C) groups is 1. The summed E-state index contributed by atoms with van der Waals surface area (Å²) in [7, 11) is 0. The molecule has 0 aromatic heterocycles. The molecule has 78 valence electrons. The zero-order chi connectivity index (χ0) is 10.6. The Kier molecular flexibility index (Phi) is 3.69. The summed E-state index contributed by atoms with van der Waals surface area (Å²) in [6, 6.07) is 0. The van der Waals surface area contributed by atoms with E-state index in [0.717, 1.165) is 0 Å². The van der Waals surface area contributed by atoms with Crippen LogP contribution in [0.4, 0.5) is 8.78 Å². The molecule has 0 unspecified atom stereocenters. The predicted molar refractivity (Wildman–Crippen MR) is 52.2 cm³/mol. The number of halogens is 2. The number of amidine groups is 1. The van der Waals surface area contributed by atoms with Gasteiger partial charge in [0.05, 0.1) is 0 Å². The zero-order valence-corrected chi connectivity index (χ0v) is 8.57.